The SMILES string of the molecule is CC(C)c1cccc(C(=O)Nc2cc3cn(C4CCC(C(C)(C)O)CC4)nc3cc2N(C)C)[n+]1[O-]. The van der Waals surface area contributed by atoms with Crippen LogP contribution in [0.2, 0.25) is 0 Å². The lowest BCUT2D eigenvalue weighted by Crippen LogP contribution is -2.41. The molecule has 1 fully saturated rings. The molecule has 0 spiro atoms. The number of aromatic nitrogens is 3. The average molecular weight is 480 g/mol. The van der Waals surface area contributed by atoms with Crippen LogP contribution in [0, 0.1) is 11.1 Å². The number of benzene rings is 1. The molecule has 2 aromatic heterocycles. The maximum absolute atomic E-state index is 13.1. The summed E-state index contributed by atoms with van der Waals surface area (Å²) in [6.07, 6.45) is 5.93. The molecule has 8 heteroatoms. The minimum absolute atomic E-state index is 0.0123. The van der Waals surface area contributed by atoms with Gasteiger partial charge in [-0.05, 0) is 63.6 Å². The molecule has 1 aromatic carbocycles. The van der Waals surface area contributed by atoms with Gasteiger partial charge in [0.2, 0.25) is 0 Å². The highest BCUT2D eigenvalue weighted by molar-refractivity contribution is 6.05. The normalized spacial score (nSPS) is 18.7. The number of rotatable bonds is 6. The Morgan fingerprint density at radius 1 is 1.23 bits per heavy atom. The molecule has 0 bridgehead atoms. The van der Waals surface area contributed by atoms with Crippen molar-refractivity contribution in [3.05, 3.63) is 53.1 Å². The summed E-state index contributed by atoms with van der Waals surface area (Å²) in [4.78, 5) is 15.0. The third-order valence-electron chi connectivity index (χ3n) is 7.24. The molecule has 0 radical (unpaired) electrons. The highest BCUT2D eigenvalue weighted by Gasteiger charge is 2.32. The molecular formula is C27H37N5O3. The molecule has 2 heterocycles. The summed E-state index contributed by atoms with van der Waals surface area (Å²) in [5, 5.41) is 31.8. The molecule has 35 heavy (non-hydrogen) atoms. The Hall–Kier alpha value is -3.13. The molecule has 4 rings (SSSR count). The van der Waals surface area contributed by atoms with Crippen molar-refractivity contribution in [1.82, 2.24) is 9.78 Å². The summed E-state index contributed by atoms with van der Waals surface area (Å²) in [6.45, 7) is 7.65. The standard InChI is InChI=1S/C27H37N5O3/c1-17(2)23-8-7-9-24(32(23)35)26(33)28-22-14-18-16-31(29-21(18)15-25(22)30(5)6)20-12-10-19(11-13-20)27(3,4)34/h7-9,14-17,19-20,34H,10-13H2,1-6H3,(H,28,33). The second-order valence-electron chi connectivity index (χ2n) is 10.8. The molecule has 188 valence electrons. The van der Waals surface area contributed by atoms with Crippen molar-refractivity contribution in [1.29, 1.82) is 0 Å². The van der Waals surface area contributed by atoms with Crippen molar-refractivity contribution in [2.24, 2.45) is 5.92 Å². The molecule has 8 nitrogen and oxygen atoms in total. The number of nitrogens with zero attached hydrogens (tertiary/aromatic N) is 4. The Morgan fingerprint density at radius 2 is 1.91 bits per heavy atom. The first-order chi connectivity index (χ1) is 16.5. The van der Waals surface area contributed by atoms with Gasteiger partial charge in [-0.15, -0.1) is 0 Å². The maximum atomic E-state index is 13.1. The molecule has 1 aliphatic carbocycles. The van der Waals surface area contributed by atoms with Gasteiger partial charge >= 0.3 is 5.91 Å². The lowest BCUT2D eigenvalue weighted by Gasteiger charge is -2.35. The second-order valence-corrected chi connectivity index (χ2v) is 10.8. The van der Waals surface area contributed by atoms with Gasteiger partial charge in [-0.3, -0.25) is 9.48 Å². The molecule has 0 saturated heterocycles. The summed E-state index contributed by atoms with van der Waals surface area (Å²) in [7, 11) is 3.83. The van der Waals surface area contributed by atoms with Crippen molar-refractivity contribution >= 4 is 28.2 Å². The summed E-state index contributed by atoms with van der Waals surface area (Å²) in [6, 6.07) is 9.22. The van der Waals surface area contributed by atoms with Crippen LogP contribution in [0.4, 0.5) is 11.4 Å². The number of hydrogen-bond acceptors (Lipinski definition) is 5. The number of fused-ring (bicyclic) bond motifs is 1. The molecule has 0 atom stereocenters. The van der Waals surface area contributed by atoms with Crippen LogP contribution in [0.15, 0.2) is 36.5 Å². The van der Waals surface area contributed by atoms with E-state index < -0.39 is 11.5 Å². The van der Waals surface area contributed by atoms with Crippen LogP contribution in [0.3, 0.4) is 0 Å². The van der Waals surface area contributed by atoms with E-state index in [0.29, 0.717) is 23.3 Å². The van der Waals surface area contributed by atoms with Crippen LogP contribution in [0.1, 0.15) is 81.5 Å². The average Bonchev–Trinajstić information content (AvgIpc) is 3.21. The number of hydrogen-bond donors (Lipinski definition) is 2. The topological polar surface area (TPSA) is 97.3 Å². The molecule has 2 N–H and O–H groups in total. The first-order valence-electron chi connectivity index (χ1n) is 12.4. The van der Waals surface area contributed by atoms with Crippen molar-refractivity contribution < 1.29 is 14.6 Å². The minimum atomic E-state index is -0.648. The van der Waals surface area contributed by atoms with Gasteiger partial charge in [0.25, 0.3) is 5.69 Å². The Labute approximate surface area is 207 Å². The van der Waals surface area contributed by atoms with Gasteiger partial charge in [0.15, 0.2) is 5.69 Å². The van der Waals surface area contributed by atoms with Gasteiger partial charge in [0, 0.05) is 43.7 Å². The van der Waals surface area contributed by atoms with Crippen LogP contribution in [-0.2, 0) is 0 Å². The quantitative estimate of drug-likeness (QED) is 0.397. The van der Waals surface area contributed by atoms with Gasteiger partial charge in [0.1, 0.15) is 0 Å². The van der Waals surface area contributed by atoms with E-state index in [4.69, 9.17) is 5.10 Å². The highest BCUT2D eigenvalue weighted by Crippen LogP contribution is 2.38. The first kappa shape index (κ1) is 25.0. The Bertz CT molecular complexity index is 1220. The molecule has 0 unspecified atom stereocenters. The third-order valence-corrected chi connectivity index (χ3v) is 7.24. The zero-order chi connectivity index (χ0) is 25.5. The van der Waals surface area contributed by atoms with Crippen molar-refractivity contribution in [2.45, 2.75) is 70.9 Å². The summed E-state index contributed by atoms with van der Waals surface area (Å²) >= 11 is 0. The van der Waals surface area contributed by atoms with E-state index in [0.717, 1.165) is 47.0 Å². The Morgan fingerprint density at radius 3 is 2.51 bits per heavy atom. The van der Waals surface area contributed by atoms with Crippen LogP contribution in [0.5, 0.6) is 0 Å². The molecule has 1 amide bonds. The molecular weight excluding hydrogens is 442 g/mol. The summed E-state index contributed by atoms with van der Waals surface area (Å²) in [5.74, 6) is -0.121. The van der Waals surface area contributed by atoms with Crippen molar-refractivity contribution in [2.75, 3.05) is 24.3 Å². The van der Waals surface area contributed by atoms with E-state index in [1.54, 1.807) is 18.2 Å². The van der Waals surface area contributed by atoms with Gasteiger partial charge in [-0.1, -0.05) is 13.8 Å². The van der Waals surface area contributed by atoms with E-state index >= 15 is 0 Å². The highest BCUT2D eigenvalue weighted by atomic mass is 16.5. The van der Waals surface area contributed by atoms with Crippen LogP contribution in [0.25, 0.3) is 10.9 Å². The maximum Gasteiger partial charge on any atom is 0.321 e. The van der Waals surface area contributed by atoms with E-state index in [1.165, 1.54) is 0 Å². The van der Waals surface area contributed by atoms with Crippen molar-refractivity contribution in [3.63, 3.8) is 0 Å². The fourth-order valence-electron chi connectivity index (χ4n) is 5.08. The number of aliphatic hydroxyl groups is 1. The number of carbonyl (C=O) groups excluding carboxylic acids is 1. The zero-order valence-corrected chi connectivity index (χ0v) is 21.6. The summed E-state index contributed by atoms with van der Waals surface area (Å²) < 4.78 is 2.75. The second kappa shape index (κ2) is 9.49. The lowest BCUT2D eigenvalue weighted by atomic mass is 9.77. The number of pyridine rings is 1. The predicted molar refractivity (Wildman–Crippen MR) is 139 cm³/mol. The Kier molecular flexibility index (Phi) is 6.77. The van der Waals surface area contributed by atoms with Gasteiger partial charge in [-0.25, -0.2) is 0 Å². The van der Waals surface area contributed by atoms with E-state index in [-0.39, 0.29) is 11.6 Å². The van der Waals surface area contributed by atoms with Crippen LogP contribution in [-0.4, -0.2) is 40.5 Å². The van der Waals surface area contributed by atoms with Gasteiger partial charge < -0.3 is 20.5 Å². The number of carbonyl (C=O) groups is 1. The monoisotopic (exact) mass is 479 g/mol. The molecule has 1 saturated carbocycles. The largest absolute Gasteiger partial charge is 0.618 e. The van der Waals surface area contributed by atoms with E-state index in [2.05, 4.69) is 5.32 Å². The smallest absolute Gasteiger partial charge is 0.321 e. The van der Waals surface area contributed by atoms with Crippen molar-refractivity contribution in [3.8, 4) is 0 Å². The molecule has 3 aromatic rings. The van der Waals surface area contributed by atoms with E-state index in [9.17, 15) is 15.1 Å². The van der Waals surface area contributed by atoms with Crippen LogP contribution < -0.4 is 14.9 Å². The molecule has 1 aliphatic rings. The lowest BCUT2D eigenvalue weighted by molar-refractivity contribution is -0.617. The van der Waals surface area contributed by atoms with E-state index in [1.807, 2.05) is 69.7 Å². The fraction of sp³-hybridized carbons (Fsp3) is 0.519. The van der Waals surface area contributed by atoms with Gasteiger partial charge in [0.05, 0.1) is 28.5 Å². The number of amides is 1. The van der Waals surface area contributed by atoms with Crippen LogP contribution >= 0.6 is 0 Å². The summed E-state index contributed by atoms with van der Waals surface area (Å²) in [5.41, 5.74) is 2.29. The molecule has 0 aliphatic heterocycles. The number of anilines is 2. The zero-order valence-electron chi connectivity index (χ0n) is 21.6. The van der Waals surface area contributed by atoms with Gasteiger partial charge in [-0.2, -0.15) is 9.83 Å². The number of nitrogens with one attached hydrogen (secondary N) is 1. The minimum Gasteiger partial charge on any atom is -0.618 e. The Balaban J connectivity index is 1.61. The predicted octanol–water partition coefficient (Wildman–Crippen LogP) is 4.61. The fourth-order valence-corrected chi connectivity index (χ4v) is 5.08. The first-order valence-corrected chi connectivity index (χ1v) is 12.4. The third kappa shape index (κ3) is 5.12.